The molecule has 2 aromatic carbocycles. The number of hydrogen-bond donors (Lipinski definition) is 1. The first-order chi connectivity index (χ1) is 13.1. The van der Waals surface area contributed by atoms with E-state index in [2.05, 4.69) is 15.4 Å². The highest BCUT2D eigenvalue weighted by atomic mass is 16.2. The van der Waals surface area contributed by atoms with E-state index in [1.807, 2.05) is 55.5 Å². The van der Waals surface area contributed by atoms with Crippen molar-refractivity contribution >= 4 is 22.6 Å². The molecule has 0 bridgehead atoms. The fraction of sp³-hybridized carbons (Fsp3) is 0.100. The Morgan fingerprint density at radius 1 is 1.11 bits per heavy atom. The van der Waals surface area contributed by atoms with Gasteiger partial charge in [-0.3, -0.25) is 14.2 Å². The summed E-state index contributed by atoms with van der Waals surface area (Å²) in [6.07, 6.45) is 2.86. The van der Waals surface area contributed by atoms with Gasteiger partial charge in [-0.15, -0.1) is 0 Å². The molecule has 134 valence electrons. The summed E-state index contributed by atoms with van der Waals surface area (Å²) in [6, 6.07) is 16.9. The van der Waals surface area contributed by atoms with E-state index in [1.54, 1.807) is 10.7 Å². The molecule has 2 heterocycles. The van der Waals surface area contributed by atoms with Gasteiger partial charge in [0.2, 0.25) is 5.91 Å². The average molecular weight is 359 g/mol. The summed E-state index contributed by atoms with van der Waals surface area (Å²) < 4.78 is 2.89. The molecule has 1 N–H and O–H groups in total. The number of aryl methyl sites for hydroxylation is 1. The first kappa shape index (κ1) is 16.7. The van der Waals surface area contributed by atoms with Gasteiger partial charge in [-0.1, -0.05) is 30.3 Å². The fourth-order valence-electron chi connectivity index (χ4n) is 2.90. The lowest BCUT2D eigenvalue weighted by molar-refractivity contribution is -0.116. The Balaban J connectivity index is 1.61. The van der Waals surface area contributed by atoms with Crippen LogP contribution < -0.4 is 10.9 Å². The fourth-order valence-corrected chi connectivity index (χ4v) is 2.90. The highest BCUT2D eigenvalue weighted by molar-refractivity contribution is 5.90. The summed E-state index contributed by atoms with van der Waals surface area (Å²) in [6.45, 7) is 1.83. The molecular formula is C20H17N5O2. The molecule has 0 saturated carbocycles. The Labute approximate surface area is 154 Å². The third-order valence-corrected chi connectivity index (χ3v) is 4.17. The molecular weight excluding hydrogens is 342 g/mol. The van der Waals surface area contributed by atoms with Crippen molar-refractivity contribution in [3.05, 3.63) is 83.0 Å². The third kappa shape index (κ3) is 3.35. The molecule has 2 aromatic heterocycles. The molecule has 0 fully saturated rings. The van der Waals surface area contributed by atoms with E-state index in [-0.39, 0.29) is 18.0 Å². The summed E-state index contributed by atoms with van der Waals surface area (Å²) >= 11 is 0. The predicted octanol–water partition coefficient (Wildman–Crippen LogP) is 2.53. The second-order valence-corrected chi connectivity index (χ2v) is 6.22. The number of hydrogen-bond acceptors (Lipinski definition) is 4. The van der Waals surface area contributed by atoms with Gasteiger partial charge >= 0.3 is 0 Å². The normalized spacial score (nSPS) is 10.9. The minimum atomic E-state index is -0.304. The van der Waals surface area contributed by atoms with Gasteiger partial charge in [0.15, 0.2) is 5.65 Å². The number of rotatable bonds is 4. The SMILES string of the molecule is Cc1cccc(NC(=O)Cn2cnc3c(cnn3-c3ccccc3)c2=O)c1. The number of amides is 1. The minimum absolute atomic E-state index is 0.119. The number of carbonyl (C=O) groups excluding carboxylic acids is 1. The van der Waals surface area contributed by atoms with Gasteiger partial charge in [-0.05, 0) is 36.8 Å². The molecule has 0 atom stereocenters. The van der Waals surface area contributed by atoms with E-state index >= 15 is 0 Å². The standard InChI is InChI=1S/C20H17N5O2/c1-14-6-5-7-15(10-14)23-18(26)12-24-13-21-19-17(20(24)27)11-22-25(19)16-8-3-2-4-9-16/h2-11,13H,12H2,1H3,(H,23,26). The highest BCUT2D eigenvalue weighted by Gasteiger charge is 2.13. The van der Waals surface area contributed by atoms with Crippen LogP contribution in [0.15, 0.2) is 71.9 Å². The molecule has 1 amide bonds. The van der Waals surface area contributed by atoms with Gasteiger partial charge in [-0.2, -0.15) is 5.10 Å². The van der Waals surface area contributed by atoms with E-state index in [1.165, 1.54) is 17.1 Å². The third-order valence-electron chi connectivity index (χ3n) is 4.17. The van der Waals surface area contributed by atoms with Crippen LogP contribution >= 0.6 is 0 Å². The van der Waals surface area contributed by atoms with Gasteiger partial charge in [0.25, 0.3) is 5.56 Å². The molecule has 27 heavy (non-hydrogen) atoms. The Morgan fingerprint density at radius 2 is 1.93 bits per heavy atom. The summed E-state index contributed by atoms with van der Waals surface area (Å²) in [5.41, 5.74) is 2.71. The van der Waals surface area contributed by atoms with Gasteiger partial charge in [0, 0.05) is 5.69 Å². The van der Waals surface area contributed by atoms with E-state index in [4.69, 9.17) is 0 Å². The maximum absolute atomic E-state index is 12.7. The van der Waals surface area contributed by atoms with Gasteiger partial charge in [0.1, 0.15) is 18.3 Å². The molecule has 0 saturated heterocycles. The number of para-hydroxylation sites is 1. The van der Waals surface area contributed by atoms with Gasteiger partial charge in [0.05, 0.1) is 11.9 Å². The second kappa shape index (κ2) is 6.87. The van der Waals surface area contributed by atoms with Crippen molar-refractivity contribution in [3.63, 3.8) is 0 Å². The van der Waals surface area contributed by atoms with Crippen molar-refractivity contribution in [1.82, 2.24) is 19.3 Å². The molecule has 7 heteroatoms. The maximum atomic E-state index is 12.7. The van der Waals surface area contributed by atoms with Crippen LogP contribution in [0.4, 0.5) is 5.69 Å². The first-order valence-electron chi connectivity index (χ1n) is 8.47. The molecule has 0 aliphatic rings. The Hall–Kier alpha value is -3.74. The van der Waals surface area contributed by atoms with Crippen molar-refractivity contribution in [3.8, 4) is 5.69 Å². The molecule has 4 aromatic rings. The van der Waals surface area contributed by atoms with Crippen LogP contribution in [0.3, 0.4) is 0 Å². The highest BCUT2D eigenvalue weighted by Crippen LogP contribution is 2.13. The summed E-state index contributed by atoms with van der Waals surface area (Å²) in [4.78, 5) is 29.3. The molecule has 0 aliphatic heterocycles. The van der Waals surface area contributed by atoms with Gasteiger partial charge < -0.3 is 5.32 Å². The average Bonchev–Trinajstić information content (AvgIpc) is 3.09. The number of nitrogens with one attached hydrogen (secondary N) is 1. The zero-order valence-corrected chi connectivity index (χ0v) is 14.7. The molecule has 0 radical (unpaired) electrons. The van der Waals surface area contributed by atoms with Crippen molar-refractivity contribution < 1.29 is 4.79 Å². The zero-order chi connectivity index (χ0) is 18.8. The smallest absolute Gasteiger partial charge is 0.264 e. The zero-order valence-electron chi connectivity index (χ0n) is 14.7. The van der Waals surface area contributed by atoms with Crippen molar-refractivity contribution in [2.45, 2.75) is 13.5 Å². The summed E-state index contributed by atoms with van der Waals surface area (Å²) in [5, 5.41) is 7.42. The van der Waals surface area contributed by atoms with Crippen LogP contribution in [-0.4, -0.2) is 25.2 Å². The Kier molecular flexibility index (Phi) is 4.25. The monoisotopic (exact) mass is 359 g/mol. The van der Waals surface area contributed by atoms with Crippen LogP contribution in [0.25, 0.3) is 16.7 Å². The minimum Gasteiger partial charge on any atom is -0.325 e. The Morgan fingerprint density at radius 3 is 2.70 bits per heavy atom. The van der Waals surface area contributed by atoms with E-state index in [0.717, 1.165) is 11.3 Å². The van der Waals surface area contributed by atoms with Crippen molar-refractivity contribution in [2.24, 2.45) is 0 Å². The number of nitrogens with zero attached hydrogens (tertiary/aromatic N) is 4. The van der Waals surface area contributed by atoms with Crippen molar-refractivity contribution in [2.75, 3.05) is 5.32 Å². The lowest BCUT2D eigenvalue weighted by Crippen LogP contribution is -2.27. The quantitative estimate of drug-likeness (QED) is 0.607. The van der Waals surface area contributed by atoms with Crippen molar-refractivity contribution in [1.29, 1.82) is 0 Å². The topological polar surface area (TPSA) is 81.8 Å². The number of anilines is 1. The number of benzene rings is 2. The summed E-state index contributed by atoms with van der Waals surface area (Å²) in [5.74, 6) is -0.292. The largest absolute Gasteiger partial charge is 0.325 e. The lowest BCUT2D eigenvalue weighted by atomic mass is 10.2. The summed E-state index contributed by atoms with van der Waals surface area (Å²) in [7, 11) is 0. The molecule has 0 spiro atoms. The van der Waals surface area contributed by atoms with Crippen LogP contribution in [0, 0.1) is 6.92 Å². The van der Waals surface area contributed by atoms with Crippen LogP contribution in [0.5, 0.6) is 0 Å². The van der Waals surface area contributed by atoms with E-state index in [9.17, 15) is 9.59 Å². The van der Waals surface area contributed by atoms with Gasteiger partial charge in [-0.25, -0.2) is 9.67 Å². The Bertz CT molecular complexity index is 1180. The molecule has 7 nitrogen and oxygen atoms in total. The predicted molar refractivity (Wildman–Crippen MR) is 103 cm³/mol. The number of carbonyl (C=O) groups is 1. The van der Waals surface area contributed by atoms with Crippen LogP contribution in [0.2, 0.25) is 0 Å². The molecule has 0 unspecified atom stereocenters. The first-order valence-corrected chi connectivity index (χ1v) is 8.47. The van der Waals surface area contributed by atoms with Crippen LogP contribution in [0.1, 0.15) is 5.56 Å². The van der Waals surface area contributed by atoms with Crippen LogP contribution in [-0.2, 0) is 11.3 Å². The number of fused-ring (bicyclic) bond motifs is 1. The van der Waals surface area contributed by atoms with E-state index < -0.39 is 0 Å². The molecule has 0 aliphatic carbocycles. The lowest BCUT2D eigenvalue weighted by Gasteiger charge is -2.08. The maximum Gasteiger partial charge on any atom is 0.264 e. The number of aromatic nitrogens is 4. The van der Waals surface area contributed by atoms with E-state index in [0.29, 0.717) is 16.7 Å². The second-order valence-electron chi connectivity index (χ2n) is 6.22. The molecule has 4 rings (SSSR count).